The maximum absolute atomic E-state index is 5.71. The minimum Gasteiger partial charge on any atom is -0.495 e. The smallest absolute Gasteiger partial charge is 0.171 e. The van der Waals surface area contributed by atoms with Crippen LogP contribution in [0.3, 0.4) is 0 Å². The lowest BCUT2D eigenvalue weighted by molar-refractivity contribution is 0.140. The van der Waals surface area contributed by atoms with Crippen LogP contribution in [0.25, 0.3) is 11.8 Å². The summed E-state index contributed by atoms with van der Waals surface area (Å²) >= 11 is 0. The molecule has 0 saturated carbocycles. The molecule has 0 aliphatic carbocycles. The molecule has 3 aromatic rings. The molecule has 0 bridgehead atoms. The van der Waals surface area contributed by atoms with E-state index in [0.717, 1.165) is 54.3 Å². The Hall–Kier alpha value is -3.54. The summed E-state index contributed by atoms with van der Waals surface area (Å²) in [6, 6.07) is 15.3. The van der Waals surface area contributed by atoms with Gasteiger partial charge in [-0.2, -0.15) is 0 Å². The second kappa shape index (κ2) is 9.14. The summed E-state index contributed by atoms with van der Waals surface area (Å²) in [5.41, 5.74) is 6.85. The van der Waals surface area contributed by atoms with Crippen molar-refractivity contribution in [2.24, 2.45) is 5.16 Å². The van der Waals surface area contributed by atoms with E-state index in [2.05, 4.69) is 70.5 Å². The van der Waals surface area contributed by atoms with Crippen LogP contribution in [0.2, 0.25) is 0 Å². The van der Waals surface area contributed by atoms with Gasteiger partial charge in [-0.25, -0.2) is 4.98 Å². The van der Waals surface area contributed by atoms with Gasteiger partial charge in [0.05, 0.1) is 30.9 Å². The van der Waals surface area contributed by atoms with E-state index in [1.165, 1.54) is 16.7 Å². The molecule has 2 aliphatic rings. The molecule has 1 atom stereocenters. The van der Waals surface area contributed by atoms with Crippen molar-refractivity contribution in [2.75, 3.05) is 20.3 Å². The van der Waals surface area contributed by atoms with Crippen molar-refractivity contribution < 1.29 is 9.57 Å². The molecule has 6 heteroatoms. The van der Waals surface area contributed by atoms with Crippen LogP contribution in [-0.2, 0) is 4.84 Å². The molecule has 1 saturated heterocycles. The second-order valence-electron chi connectivity index (χ2n) is 8.79. The number of methoxy groups -OCH3 is 1. The SMILES string of the molecule is COc1cc(/C=C2\CCCN3C2=NOCCC3c2cccc(C)c2)ccc1-n1cnc(C)c1. The van der Waals surface area contributed by atoms with Gasteiger partial charge in [0.2, 0.25) is 0 Å². The first-order valence-corrected chi connectivity index (χ1v) is 11.6. The highest BCUT2D eigenvalue weighted by Crippen LogP contribution is 2.34. The highest BCUT2D eigenvalue weighted by molar-refractivity contribution is 6.02. The Bertz CT molecular complexity index is 1210. The van der Waals surface area contributed by atoms with Gasteiger partial charge in [0.15, 0.2) is 5.84 Å². The zero-order chi connectivity index (χ0) is 22.8. The maximum atomic E-state index is 5.71. The molecule has 3 heterocycles. The van der Waals surface area contributed by atoms with E-state index in [-0.39, 0.29) is 6.04 Å². The predicted molar refractivity (Wildman–Crippen MR) is 131 cm³/mol. The Morgan fingerprint density at radius 3 is 2.85 bits per heavy atom. The summed E-state index contributed by atoms with van der Waals surface area (Å²) in [6.45, 7) is 5.74. The number of amidine groups is 1. The average molecular weight is 443 g/mol. The van der Waals surface area contributed by atoms with E-state index >= 15 is 0 Å². The molecule has 0 amide bonds. The Kier molecular flexibility index (Phi) is 5.90. The number of hydrogen-bond donors (Lipinski definition) is 0. The van der Waals surface area contributed by atoms with Gasteiger partial charge in [-0.05, 0) is 61.6 Å². The molecule has 6 nitrogen and oxygen atoms in total. The minimum absolute atomic E-state index is 0.274. The number of oxime groups is 1. The van der Waals surface area contributed by atoms with E-state index in [4.69, 9.17) is 9.57 Å². The number of piperidine rings is 1. The number of nitrogens with zero attached hydrogens (tertiary/aromatic N) is 4. The third-order valence-electron chi connectivity index (χ3n) is 6.38. The molecule has 1 aromatic heterocycles. The molecule has 0 radical (unpaired) electrons. The number of benzene rings is 2. The summed E-state index contributed by atoms with van der Waals surface area (Å²) in [5, 5.41) is 4.56. The molecule has 1 fully saturated rings. The fourth-order valence-corrected chi connectivity index (χ4v) is 4.80. The van der Waals surface area contributed by atoms with Crippen molar-refractivity contribution in [1.29, 1.82) is 0 Å². The normalized spacial score (nSPS) is 19.5. The van der Waals surface area contributed by atoms with Crippen molar-refractivity contribution in [2.45, 2.75) is 39.2 Å². The van der Waals surface area contributed by atoms with Crippen molar-refractivity contribution >= 4 is 11.9 Å². The lowest BCUT2D eigenvalue weighted by Gasteiger charge is -2.36. The quantitative estimate of drug-likeness (QED) is 0.539. The summed E-state index contributed by atoms with van der Waals surface area (Å²) in [6.07, 6.45) is 9.03. The largest absolute Gasteiger partial charge is 0.495 e. The Balaban J connectivity index is 1.48. The van der Waals surface area contributed by atoms with E-state index in [1.807, 2.05) is 24.0 Å². The van der Waals surface area contributed by atoms with Gasteiger partial charge in [-0.1, -0.05) is 41.1 Å². The second-order valence-corrected chi connectivity index (χ2v) is 8.79. The molecule has 2 aromatic carbocycles. The van der Waals surface area contributed by atoms with Gasteiger partial charge in [0.1, 0.15) is 12.4 Å². The van der Waals surface area contributed by atoms with Crippen molar-refractivity contribution in [3.05, 3.63) is 82.9 Å². The van der Waals surface area contributed by atoms with E-state index in [0.29, 0.717) is 6.61 Å². The monoisotopic (exact) mass is 442 g/mol. The molecule has 0 spiro atoms. The van der Waals surface area contributed by atoms with Gasteiger partial charge in [0, 0.05) is 19.2 Å². The molecule has 2 aliphatic heterocycles. The van der Waals surface area contributed by atoms with Gasteiger partial charge in [-0.15, -0.1) is 0 Å². The summed E-state index contributed by atoms with van der Waals surface area (Å²) in [4.78, 5) is 12.5. The summed E-state index contributed by atoms with van der Waals surface area (Å²) in [7, 11) is 1.71. The van der Waals surface area contributed by atoms with E-state index in [9.17, 15) is 0 Å². The van der Waals surface area contributed by atoms with Crippen LogP contribution in [-0.4, -0.2) is 40.5 Å². The number of hydrogen-bond acceptors (Lipinski definition) is 5. The minimum atomic E-state index is 0.274. The predicted octanol–water partition coefficient (Wildman–Crippen LogP) is 5.45. The molecule has 170 valence electrons. The molecule has 1 unspecified atom stereocenters. The maximum Gasteiger partial charge on any atom is 0.171 e. The topological polar surface area (TPSA) is 51.9 Å². The number of aryl methyl sites for hydroxylation is 2. The number of ether oxygens (including phenoxy) is 1. The van der Waals surface area contributed by atoms with Crippen LogP contribution >= 0.6 is 0 Å². The van der Waals surface area contributed by atoms with Gasteiger partial charge >= 0.3 is 0 Å². The number of rotatable bonds is 4. The van der Waals surface area contributed by atoms with Crippen LogP contribution < -0.4 is 4.74 Å². The van der Waals surface area contributed by atoms with Crippen LogP contribution in [0.5, 0.6) is 5.75 Å². The third kappa shape index (κ3) is 4.38. The van der Waals surface area contributed by atoms with Crippen LogP contribution in [0, 0.1) is 13.8 Å². The van der Waals surface area contributed by atoms with E-state index < -0.39 is 0 Å². The first kappa shape index (κ1) is 21.3. The van der Waals surface area contributed by atoms with Gasteiger partial charge < -0.3 is 19.0 Å². The van der Waals surface area contributed by atoms with E-state index in [1.54, 1.807) is 7.11 Å². The Morgan fingerprint density at radius 1 is 1.15 bits per heavy atom. The summed E-state index contributed by atoms with van der Waals surface area (Å²) in [5.74, 6) is 1.77. The first-order chi connectivity index (χ1) is 16.1. The van der Waals surface area contributed by atoms with Gasteiger partial charge in [0.25, 0.3) is 0 Å². The standard InChI is InChI=1S/C27H30N4O2/c1-19-6-4-7-22(14-19)24-11-13-33-29-27-23(8-5-12-31(24)27)15-21-9-10-25(26(16-21)32-3)30-17-20(2)28-18-30/h4,6-7,9-10,14-18,24H,5,8,11-13H2,1-3H3/b23-15+. The average Bonchev–Trinajstić information content (AvgIpc) is 3.13. The van der Waals surface area contributed by atoms with Crippen molar-refractivity contribution in [3.63, 3.8) is 0 Å². The van der Waals surface area contributed by atoms with Crippen LogP contribution in [0.15, 0.2) is 65.7 Å². The lowest BCUT2D eigenvalue weighted by Crippen LogP contribution is -2.39. The third-order valence-corrected chi connectivity index (χ3v) is 6.38. The number of aromatic nitrogens is 2. The van der Waals surface area contributed by atoms with Crippen LogP contribution in [0.1, 0.15) is 47.7 Å². The molecular formula is C27H30N4O2. The molecule has 5 rings (SSSR count). The van der Waals surface area contributed by atoms with Crippen molar-refractivity contribution in [3.8, 4) is 11.4 Å². The zero-order valence-electron chi connectivity index (χ0n) is 19.5. The first-order valence-electron chi connectivity index (χ1n) is 11.6. The molecule has 0 N–H and O–H groups in total. The highest BCUT2D eigenvalue weighted by Gasteiger charge is 2.31. The fraction of sp³-hybridized carbons (Fsp3) is 0.333. The Labute approximate surface area is 195 Å². The number of fused-ring (bicyclic) bond motifs is 1. The number of imidazole rings is 1. The highest BCUT2D eigenvalue weighted by atomic mass is 16.6. The molecule has 33 heavy (non-hydrogen) atoms. The zero-order valence-corrected chi connectivity index (χ0v) is 19.5. The lowest BCUT2D eigenvalue weighted by atomic mass is 9.94. The molecular weight excluding hydrogens is 412 g/mol. The Morgan fingerprint density at radius 2 is 2.06 bits per heavy atom. The van der Waals surface area contributed by atoms with Gasteiger partial charge in [-0.3, -0.25) is 0 Å². The fourth-order valence-electron chi connectivity index (χ4n) is 4.80. The summed E-state index contributed by atoms with van der Waals surface area (Å²) < 4.78 is 7.70. The van der Waals surface area contributed by atoms with Crippen molar-refractivity contribution in [1.82, 2.24) is 14.5 Å². The van der Waals surface area contributed by atoms with Crippen LogP contribution in [0.4, 0.5) is 0 Å².